The highest BCUT2D eigenvalue weighted by molar-refractivity contribution is 6.31. The van der Waals surface area contributed by atoms with Crippen LogP contribution in [-0.2, 0) is 37.4 Å². The number of amides is 2. The van der Waals surface area contributed by atoms with Crippen LogP contribution in [-0.4, -0.2) is 61.4 Å². The number of fused-ring (bicyclic) bond motifs is 3. The number of carbonyl (C=O) groups excluding carboxylic acids is 3. The van der Waals surface area contributed by atoms with Gasteiger partial charge in [0.2, 0.25) is 5.91 Å². The van der Waals surface area contributed by atoms with Crippen molar-refractivity contribution in [3.63, 3.8) is 0 Å². The van der Waals surface area contributed by atoms with Crippen LogP contribution in [0, 0.1) is 11.8 Å². The summed E-state index contributed by atoms with van der Waals surface area (Å²) in [6.07, 6.45) is 2.26. The van der Waals surface area contributed by atoms with Gasteiger partial charge in [0.05, 0.1) is 20.3 Å². The largest absolute Gasteiger partial charge is 0.494 e. The molecule has 3 atom stereocenters. The van der Waals surface area contributed by atoms with Gasteiger partial charge in [-0.1, -0.05) is 37.6 Å². The van der Waals surface area contributed by atoms with Gasteiger partial charge in [-0.15, -0.1) is 0 Å². The van der Waals surface area contributed by atoms with Crippen molar-refractivity contribution in [2.75, 3.05) is 31.8 Å². The van der Waals surface area contributed by atoms with Crippen molar-refractivity contribution in [1.82, 2.24) is 10.3 Å². The van der Waals surface area contributed by atoms with Gasteiger partial charge in [-0.3, -0.25) is 19.5 Å². The molecule has 6 rings (SSSR count). The number of nitrogens with zero attached hydrogens (tertiary/aromatic N) is 2. The Kier molecular flexibility index (Phi) is 12.6. The van der Waals surface area contributed by atoms with E-state index in [-0.39, 0.29) is 41.3 Å². The van der Waals surface area contributed by atoms with Crippen LogP contribution in [0.15, 0.2) is 54.7 Å². The van der Waals surface area contributed by atoms with E-state index in [0.717, 1.165) is 61.8 Å². The van der Waals surface area contributed by atoms with Crippen molar-refractivity contribution in [3.8, 4) is 11.5 Å². The number of aromatic nitrogens is 1. The van der Waals surface area contributed by atoms with Crippen LogP contribution >= 0.6 is 11.6 Å². The Balaban J connectivity index is 1.31. The van der Waals surface area contributed by atoms with Crippen molar-refractivity contribution < 1.29 is 41.8 Å². The molecule has 0 radical (unpaired) electrons. The number of esters is 1. The van der Waals surface area contributed by atoms with Crippen LogP contribution in [0.1, 0.15) is 100 Å². The third kappa shape index (κ3) is 8.50. The third-order valence-electron chi connectivity index (χ3n) is 12.1. The highest BCUT2D eigenvalue weighted by atomic mass is 35.5. The van der Waals surface area contributed by atoms with Crippen LogP contribution in [0.2, 0.25) is 5.02 Å². The van der Waals surface area contributed by atoms with E-state index >= 15 is 0 Å². The van der Waals surface area contributed by atoms with Gasteiger partial charge in [-0.2, -0.15) is 13.2 Å². The standard InChI is InChI=1S/C43H51ClF3N3O6/c1-27(26-56-37-14-20-49-36-11-5-8-28(2)38(36)37)22-31-23-30-12-13-34(55-21-7-19-48-29(3)51)25-35(30)41(31)15-17-42(18-16-41,40(53)54-4)50(39(52)43(45,46)47)33-10-6-9-32(44)24-33/h6,9-10,12-14,20,24-25,27-28,31H,5,7-8,11,15-19,21-23,26H2,1-4H3,(H,48,51)/t27-,28-,31+,41?,42?/m1/s1. The van der Waals surface area contributed by atoms with E-state index in [1.165, 1.54) is 36.8 Å². The fourth-order valence-corrected chi connectivity index (χ4v) is 9.64. The number of benzene rings is 2. The molecule has 1 heterocycles. The molecule has 0 saturated heterocycles. The number of alkyl halides is 3. The number of hydrogen-bond donors (Lipinski definition) is 1. The minimum Gasteiger partial charge on any atom is -0.494 e. The summed E-state index contributed by atoms with van der Waals surface area (Å²) in [5.74, 6) is -1.13. The number of halogens is 4. The lowest BCUT2D eigenvalue weighted by atomic mass is 9.59. The van der Waals surface area contributed by atoms with Gasteiger partial charge in [0, 0.05) is 41.6 Å². The Hall–Kier alpha value is -4.32. The summed E-state index contributed by atoms with van der Waals surface area (Å²) >= 11 is 6.24. The second-order valence-electron chi connectivity index (χ2n) is 15.8. The molecule has 56 heavy (non-hydrogen) atoms. The van der Waals surface area contributed by atoms with Gasteiger partial charge in [-0.25, -0.2) is 4.79 Å². The average Bonchev–Trinajstić information content (AvgIpc) is 3.45. The Morgan fingerprint density at radius 2 is 1.84 bits per heavy atom. The zero-order valence-electron chi connectivity index (χ0n) is 32.5. The minimum absolute atomic E-state index is 0.0602. The Morgan fingerprint density at radius 1 is 1.07 bits per heavy atom. The molecular formula is C43H51ClF3N3O6. The number of methoxy groups -OCH3 is 1. The molecule has 2 amide bonds. The first-order valence-corrected chi connectivity index (χ1v) is 19.9. The summed E-state index contributed by atoms with van der Waals surface area (Å²) < 4.78 is 61.1. The predicted molar refractivity (Wildman–Crippen MR) is 207 cm³/mol. The monoisotopic (exact) mass is 797 g/mol. The minimum atomic E-state index is -5.27. The third-order valence-corrected chi connectivity index (χ3v) is 12.3. The first kappa shape index (κ1) is 41.3. The molecular weight excluding hydrogens is 747 g/mol. The maximum atomic E-state index is 14.4. The lowest BCUT2D eigenvalue weighted by Gasteiger charge is -2.51. The lowest BCUT2D eigenvalue weighted by molar-refractivity contribution is -0.174. The van der Waals surface area contributed by atoms with E-state index in [1.54, 1.807) is 0 Å². The molecule has 3 aliphatic rings. The first-order chi connectivity index (χ1) is 26.7. The van der Waals surface area contributed by atoms with Gasteiger partial charge >= 0.3 is 18.1 Å². The SMILES string of the molecule is COC(=O)C1(N(C(=O)C(F)(F)F)c2cccc(Cl)c2)CCC2(CC1)c1cc(OCCCNC(C)=O)ccc1C[C@@H]2C[C@@H](C)COc1ccnc2c1[C@H](C)CCC2. The van der Waals surface area contributed by atoms with E-state index in [2.05, 4.69) is 30.2 Å². The zero-order valence-corrected chi connectivity index (χ0v) is 33.2. The molecule has 0 bridgehead atoms. The highest BCUT2D eigenvalue weighted by Gasteiger charge is 2.60. The molecule has 9 nitrogen and oxygen atoms in total. The van der Waals surface area contributed by atoms with Gasteiger partial charge in [-0.05, 0) is 135 Å². The van der Waals surface area contributed by atoms with Crippen LogP contribution in [0.4, 0.5) is 18.9 Å². The number of rotatable bonds is 13. The average molecular weight is 798 g/mol. The second-order valence-corrected chi connectivity index (χ2v) is 16.3. The summed E-state index contributed by atoms with van der Waals surface area (Å²) in [7, 11) is 1.13. The molecule has 3 aliphatic carbocycles. The molecule has 1 aromatic heterocycles. The number of anilines is 1. The quantitative estimate of drug-likeness (QED) is 0.136. The second kappa shape index (κ2) is 17.0. The number of carbonyl (C=O) groups is 3. The summed E-state index contributed by atoms with van der Waals surface area (Å²) in [6, 6.07) is 13.5. The summed E-state index contributed by atoms with van der Waals surface area (Å²) in [6.45, 7) is 7.15. The number of pyridine rings is 1. The fraction of sp³-hybridized carbons (Fsp3) is 0.535. The van der Waals surface area contributed by atoms with E-state index in [1.807, 2.05) is 24.4 Å². The number of aryl methyl sites for hydroxylation is 1. The van der Waals surface area contributed by atoms with Crippen LogP contribution in [0.3, 0.4) is 0 Å². The first-order valence-electron chi connectivity index (χ1n) is 19.5. The maximum absolute atomic E-state index is 14.4. The fourth-order valence-electron chi connectivity index (χ4n) is 9.45. The number of ether oxygens (including phenoxy) is 3. The molecule has 0 unspecified atom stereocenters. The van der Waals surface area contributed by atoms with E-state index in [0.29, 0.717) is 55.6 Å². The van der Waals surface area contributed by atoms with Gasteiger partial charge in [0.1, 0.15) is 17.0 Å². The van der Waals surface area contributed by atoms with Crippen molar-refractivity contribution >= 4 is 35.1 Å². The summed E-state index contributed by atoms with van der Waals surface area (Å²) in [4.78, 5) is 43.7. The molecule has 1 spiro atoms. The molecule has 2 aromatic carbocycles. The van der Waals surface area contributed by atoms with Crippen molar-refractivity contribution in [3.05, 3.63) is 82.1 Å². The van der Waals surface area contributed by atoms with Crippen molar-refractivity contribution in [2.45, 2.75) is 108 Å². The molecule has 1 fully saturated rings. The van der Waals surface area contributed by atoms with E-state index in [9.17, 15) is 27.6 Å². The molecule has 1 N–H and O–H groups in total. The Morgan fingerprint density at radius 3 is 2.54 bits per heavy atom. The Labute approximate surface area is 331 Å². The van der Waals surface area contributed by atoms with Gasteiger partial charge < -0.3 is 19.5 Å². The Bertz CT molecular complexity index is 1910. The summed E-state index contributed by atoms with van der Waals surface area (Å²) in [5, 5.41) is 2.90. The number of hydrogen-bond acceptors (Lipinski definition) is 7. The molecule has 0 aliphatic heterocycles. The normalized spacial score (nSPS) is 23.4. The van der Waals surface area contributed by atoms with Crippen molar-refractivity contribution in [1.29, 1.82) is 0 Å². The molecule has 3 aromatic rings. The molecule has 1 saturated carbocycles. The van der Waals surface area contributed by atoms with E-state index in [4.69, 9.17) is 25.8 Å². The maximum Gasteiger partial charge on any atom is 0.471 e. The number of nitrogens with one attached hydrogen (secondary N) is 1. The van der Waals surface area contributed by atoms with Gasteiger partial charge in [0.15, 0.2) is 0 Å². The lowest BCUT2D eigenvalue weighted by Crippen LogP contribution is -2.63. The van der Waals surface area contributed by atoms with Gasteiger partial charge in [0.25, 0.3) is 0 Å². The highest BCUT2D eigenvalue weighted by Crippen LogP contribution is 2.58. The van der Waals surface area contributed by atoms with E-state index < -0.39 is 29.0 Å². The predicted octanol–water partition coefficient (Wildman–Crippen LogP) is 8.68. The topological polar surface area (TPSA) is 107 Å². The van der Waals surface area contributed by atoms with Crippen LogP contribution in [0.5, 0.6) is 11.5 Å². The van der Waals surface area contributed by atoms with Crippen molar-refractivity contribution in [2.24, 2.45) is 11.8 Å². The zero-order chi connectivity index (χ0) is 40.3. The molecule has 13 heteroatoms. The summed E-state index contributed by atoms with van der Waals surface area (Å²) in [5.41, 5.74) is 1.84. The smallest absolute Gasteiger partial charge is 0.471 e. The molecule has 302 valence electrons. The van der Waals surface area contributed by atoms with Crippen LogP contribution in [0.25, 0.3) is 0 Å². The van der Waals surface area contributed by atoms with Crippen LogP contribution < -0.4 is 19.7 Å².